The van der Waals surface area contributed by atoms with E-state index in [0.29, 0.717) is 10.6 Å². The highest BCUT2D eigenvalue weighted by molar-refractivity contribution is 9.10. The Morgan fingerprint density at radius 3 is 2.79 bits per heavy atom. The van der Waals surface area contributed by atoms with Gasteiger partial charge in [-0.3, -0.25) is 9.78 Å². The van der Waals surface area contributed by atoms with Gasteiger partial charge in [-0.15, -0.1) is 0 Å². The average Bonchev–Trinajstić information content (AvgIpc) is 2.35. The number of benzene rings is 1. The van der Waals surface area contributed by atoms with Crippen LogP contribution in [0.1, 0.15) is 11.6 Å². The molecule has 0 aliphatic heterocycles. The fraction of sp³-hybridized carbons (Fsp3) is 0.0769. The molecule has 0 saturated heterocycles. The van der Waals surface area contributed by atoms with Crippen LogP contribution in [0.3, 0.4) is 0 Å². The van der Waals surface area contributed by atoms with Gasteiger partial charge >= 0.3 is 0 Å². The largest absolute Gasteiger partial charge is 0.370 e. The summed E-state index contributed by atoms with van der Waals surface area (Å²) in [7, 11) is 0. The summed E-state index contributed by atoms with van der Waals surface area (Å²) in [5, 5.41) is 3.63. The molecular weight excluding hydrogens is 330 g/mol. The summed E-state index contributed by atoms with van der Waals surface area (Å²) >= 11 is 9.22. The first-order valence-corrected chi connectivity index (χ1v) is 6.65. The Balaban J connectivity index is 2.29. The van der Waals surface area contributed by atoms with Crippen LogP contribution in [0.25, 0.3) is 0 Å². The maximum absolute atomic E-state index is 11.6. The lowest BCUT2D eigenvalue weighted by atomic mass is 10.1. The zero-order chi connectivity index (χ0) is 13.8. The van der Waals surface area contributed by atoms with Gasteiger partial charge in [-0.2, -0.15) is 0 Å². The van der Waals surface area contributed by atoms with Gasteiger partial charge in [0.1, 0.15) is 6.04 Å². The van der Waals surface area contributed by atoms with Crippen LogP contribution in [0.4, 0.5) is 5.69 Å². The van der Waals surface area contributed by atoms with Gasteiger partial charge in [0.15, 0.2) is 0 Å². The number of hydrogen-bond acceptors (Lipinski definition) is 3. The van der Waals surface area contributed by atoms with Crippen LogP contribution in [0.5, 0.6) is 0 Å². The molecule has 1 amide bonds. The van der Waals surface area contributed by atoms with Gasteiger partial charge in [0, 0.05) is 33.1 Å². The molecule has 1 unspecified atom stereocenters. The molecule has 1 heterocycles. The minimum atomic E-state index is -0.663. The summed E-state index contributed by atoms with van der Waals surface area (Å²) in [4.78, 5) is 15.6. The fourth-order valence-electron chi connectivity index (χ4n) is 1.65. The molecule has 1 aromatic carbocycles. The second kappa shape index (κ2) is 6.04. The van der Waals surface area contributed by atoms with Crippen LogP contribution in [0, 0.1) is 0 Å². The molecule has 1 aromatic heterocycles. The fourth-order valence-corrected chi connectivity index (χ4v) is 2.22. The van der Waals surface area contributed by atoms with E-state index in [1.165, 1.54) is 0 Å². The van der Waals surface area contributed by atoms with E-state index in [2.05, 4.69) is 26.2 Å². The summed E-state index contributed by atoms with van der Waals surface area (Å²) in [6.45, 7) is 0. The molecule has 0 fully saturated rings. The second-order valence-electron chi connectivity index (χ2n) is 3.93. The molecule has 0 aliphatic rings. The van der Waals surface area contributed by atoms with Gasteiger partial charge in [0.05, 0.1) is 0 Å². The van der Waals surface area contributed by atoms with E-state index in [1.54, 1.807) is 36.7 Å². The molecule has 0 bridgehead atoms. The number of nitrogens with two attached hydrogens (primary N) is 1. The Morgan fingerprint density at radius 2 is 2.16 bits per heavy atom. The van der Waals surface area contributed by atoms with Gasteiger partial charge in [-0.25, -0.2) is 0 Å². The molecule has 19 heavy (non-hydrogen) atoms. The van der Waals surface area contributed by atoms with Crippen molar-refractivity contribution in [1.29, 1.82) is 0 Å². The Morgan fingerprint density at radius 1 is 1.37 bits per heavy atom. The monoisotopic (exact) mass is 339 g/mol. The number of primary amides is 1. The number of aromatic nitrogens is 1. The number of pyridine rings is 1. The lowest BCUT2D eigenvalue weighted by Crippen LogP contribution is -2.27. The van der Waals surface area contributed by atoms with Crippen LogP contribution in [0.15, 0.2) is 47.2 Å². The van der Waals surface area contributed by atoms with Gasteiger partial charge < -0.3 is 11.1 Å². The number of carbonyl (C=O) groups is 1. The van der Waals surface area contributed by atoms with Crippen molar-refractivity contribution in [3.63, 3.8) is 0 Å². The molecule has 2 rings (SSSR count). The van der Waals surface area contributed by atoms with Crippen molar-refractivity contribution in [2.24, 2.45) is 5.73 Å². The molecule has 6 heteroatoms. The number of carbonyl (C=O) groups excluding carboxylic acids is 1. The number of nitrogens with zero attached hydrogens (tertiary/aromatic N) is 1. The molecule has 98 valence electrons. The van der Waals surface area contributed by atoms with Crippen molar-refractivity contribution in [1.82, 2.24) is 4.98 Å². The molecule has 0 aliphatic carbocycles. The Hall–Kier alpha value is -1.59. The highest BCUT2D eigenvalue weighted by Crippen LogP contribution is 2.23. The summed E-state index contributed by atoms with van der Waals surface area (Å²) in [6, 6.07) is 8.22. The normalized spacial score (nSPS) is 11.9. The average molecular weight is 341 g/mol. The van der Waals surface area contributed by atoms with Crippen molar-refractivity contribution in [3.05, 3.63) is 57.8 Å². The maximum Gasteiger partial charge on any atom is 0.244 e. The van der Waals surface area contributed by atoms with E-state index >= 15 is 0 Å². The summed E-state index contributed by atoms with van der Waals surface area (Å²) in [6.07, 6.45) is 3.23. The predicted molar refractivity (Wildman–Crippen MR) is 78.9 cm³/mol. The van der Waals surface area contributed by atoms with E-state index in [1.807, 2.05) is 6.07 Å². The van der Waals surface area contributed by atoms with Crippen LogP contribution in [0.2, 0.25) is 5.02 Å². The second-order valence-corrected chi connectivity index (χ2v) is 5.28. The standard InChI is InChI=1S/C13H11BrClN3O/c14-9-4-8(6-17-7-9)12(13(16)19)18-11-3-1-2-10(15)5-11/h1-7,12,18H,(H2,16,19). The minimum absolute atomic E-state index is 0.486. The van der Waals surface area contributed by atoms with E-state index in [0.717, 1.165) is 10.2 Å². The van der Waals surface area contributed by atoms with Crippen molar-refractivity contribution in [3.8, 4) is 0 Å². The predicted octanol–water partition coefficient (Wildman–Crippen LogP) is 3.14. The first kappa shape index (κ1) is 13.8. The van der Waals surface area contributed by atoms with E-state index in [4.69, 9.17) is 17.3 Å². The highest BCUT2D eigenvalue weighted by atomic mass is 79.9. The van der Waals surface area contributed by atoms with E-state index in [9.17, 15) is 4.79 Å². The summed E-state index contributed by atoms with van der Waals surface area (Å²) in [5.74, 6) is -0.486. The maximum atomic E-state index is 11.6. The van der Waals surface area contributed by atoms with Crippen molar-refractivity contribution < 1.29 is 4.79 Å². The lowest BCUT2D eigenvalue weighted by molar-refractivity contribution is -0.118. The highest BCUT2D eigenvalue weighted by Gasteiger charge is 2.18. The van der Waals surface area contributed by atoms with Gasteiger partial charge in [-0.05, 0) is 40.2 Å². The number of anilines is 1. The SMILES string of the molecule is NC(=O)C(Nc1cccc(Cl)c1)c1cncc(Br)c1. The smallest absolute Gasteiger partial charge is 0.244 e. The van der Waals surface area contributed by atoms with E-state index in [-0.39, 0.29) is 0 Å². The minimum Gasteiger partial charge on any atom is -0.370 e. The van der Waals surface area contributed by atoms with Gasteiger partial charge in [0.2, 0.25) is 5.91 Å². The number of hydrogen-bond donors (Lipinski definition) is 2. The molecule has 0 saturated carbocycles. The summed E-state index contributed by atoms with van der Waals surface area (Å²) < 4.78 is 0.782. The summed E-state index contributed by atoms with van der Waals surface area (Å²) in [5.41, 5.74) is 6.83. The number of nitrogens with one attached hydrogen (secondary N) is 1. The molecule has 2 aromatic rings. The van der Waals surface area contributed by atoms with Crippen LogP contribution >= 0.6 is 27.5 Å². The Kier molecular flexibility index (Phi) is 4.39. The quantitative estimate of drug-likeness (QED) is 0.898. The number of rotatable bonds is 4. The van der Waals surface area contributed by atoms with Gasteiger partial charge in [-0.1, -0.05) is 17.7 Å². The number of halogens is 2. The topological polar surface area (TPSA) is 68.0 Å². The van der Waals surface area contributed by atoms with Crippen LogP contribution in [-0.2, 0) is 4.79 Å². The third-order valence-electron chi connectivity index (χ3n) is 2.48. The molecule has 1 atom stereocenters. The molecular formula is C13H11BrClN3O. The Labute approximate surface area is 124 Å². The third kappa shape index (κ3) is 3.68. The van der Waals surface area contributed by atoms with Crippen LogP contribution in [-0.4, -0.2) is 10.9 Å². The van der Waals surface area contributed by atoms with E-state index < -0.39 is 11.9 Å². The molecule has 0 radical (unpaired) electrons. The first-order chi connectivity index (χ1) is 9.06. The van der Waals surface area contributed by atoms with Gasteiger partial charge in [0.25, 0.3) is 0 Å². The van der Waals surface area contributed by atoms with Crippen molar-refractivity contribution in [2.75, 3.05) is 5.32 Å². The zero-order valence-electron chi connectivity index (χ0n) is 9.81. The Bertz CT molecular complexity index is 606. The van der Waals surface area contributed by atoms with Crippen LogP contribution < -0.4 is 11.1 Å². The zero-order valence-corrected chi connectivity index (χ0v) is 12.1. The lowest BCUT2D eigenvalue weighted by Gasteiger charge is -2.17. The number of amides is 1. The molecule has 0 spiro atoms. The molecule has 3 N–H and O–H groups in total. The van der Waals surface area contributed by atoms with Crippen molar-refractivity contribution >= 4 is 39.1 Å². The van der Waals surface area contributed by atoms with Crippen molar-refractivity contribution in [2.45, 2.75) is 6.04 Å². The first-order valence-electron chi connectivity index (χ1n) is 5.48. The molecule has 4 nitrogen and oxygen atoms in total. The third-order valence-corrected chi connectivity index (χ3v) is 3.15.